The van der Waals surface area contributed by atoms with E-state index in [1.807, 2.05) is 26.0 Å². The minimum atomic E-state index is -3.49. The molecule has 0 aliphatic rings. The van der Waals surface area contributed by atoms with Gasteiger partial charge in [-0.15, -0.1) is 0 Å². The zero-order valence-electron chi connectivity index (χ0n) is 12.6. The van der Waals surface area contributed by atoms with E-state index >= 15 is 0 Å². The number of anilines is 1. The highest BCUT2D eigenvalue weighted by atomic mass is 32.2. The highest BCUT2D eigenvalue weighted by Gasteiger charge is 2.22. The highest BCUT2D eigenvalue weighted by molar-refractivity contribution is 7.89. The Balaban J connectivity index is 2.33. The number of rotatable bonds is 5. The summed E-state index contributed by atoms with van der Waals surface area (Å²) in [6.07, 6.45) is 0. The molecule has 0 saturated carbocycles. The Kier molecular flexibility index (Phi) is 4.39. The fraction of sp³-hybridized carbons (Fsp3) is 0.333. The molecule has 0 aliphatic carbocycles. The quantitative estimate of drug-likeness (QED) is 0.922. The van der Waals surface area contributed by atoms with E-state index in [-0.39, 0.29) is 10.9 Å². The standard InChI is InChI=1S/C15H20N2O3S/c1-11-9-10-14(20-11)12(2)16-13-7-5-6-8-15(13)21(18,19)17(3)4/h5-10,12,16H,1-4H3. The van der Waals surface area contributed by atoms with Gasteiger partial charge in [0, 0.05) is 14.1 Å². The number of nitrogens with zero attached hydrogens (tertiary/aromatic N) is 1. The van der Waals surface area contributed by atoms with Crippen LogP contribution in [0.3, 0.4) is 0 Å². The van der Waals surface area contributed by atoms with Crippen molar-refractivity contribution in [3.63, 3.8) is 0 Å². The molecule has 5 nitrogen and oxygen atoms in total. The van der Waals surface area contributed by atoms with E-state index in [2.05, 4.69) is 5.32 Å². The second-order valence-corrected chi connectivity index (χ2v) is 7.22. The number of para-hydroxylation sites is 1. The minimum Gasteiger partial charge on any atom is -0.464 e. The average molecular weight is 308 g/mol. The van der Waals surface area contributed by atoms with Gasteiger partial charge in [-0.1, -0.05) is 12.1 Å². The molecule has 114 valence electrons. The van der Waals surface area contributed by atoms with Crippen LogP contribution in [0.4, 0.5) is 5.69 Å². The number of hydrogen-bond acceptors (Lipinski definition) is 4. The van der Waals surface area contributed by atoms with Crippen molar-refractivity contribution in [1.82, 2.24) is 4.31 Å². The number of aryl methyl sites for hydroxylation is 1. The molecule has 0 saturated heterocycles. The van der Waals surface area contributed by atoms with Gasteiger partial charge in [0.1, 0.15) is 16.4 Å². The average Bonchev–Trinajstić information content (AvgIpc) is 2.86. The normalized spacial score (nSPS) is 13.4. The van der Waals surface area contributed by atoms with Gasteiger partial charge in [0.15, 0.2) is 0 Å². The summed E-state index contributed by atoms with van der Waals surface area (Å²) in [5.41, 5.74) is 0.563. The van der Waals surface area contributed by atoms with Crippen LogP contribution in [0.5, 0.6) is 0 Å². The third-order valence-electron chi connectivity index (χ3n) is 3.21. The molecule has 0 radical (unpaired) electrons. The first-order chi connectivity index (χ1) is 9.82. The van der Waals surface area contributed by atoms with Crippen LogP contribution in [0.15, 0.2) is 45.7 Å². The van der Waals surface area contributed by atoms with Gasteiger partial charge in [0.05, 0.1) is 11.7 Å². The largest absolute Gasteiger partial charge is 0.464 e. The molecule has 1 unspecified atom stereocenters. The van der Waals surface area contributed by atoms with Gasteiger partial charge in [0.2, 0.25) is 10.0 Å². The molecule has 2 aromatic rings. The third-order valence-corrected chi connectivity index (χ3v) is 5.08. The van der Waals surface area contributed by atoms with Gasteiger partial charge < -0.3 is 9.73 Å². The fourth-order valence-corrected chi connectivity index (χ4v) is 3.05. The maximum absolute atomic E-state index is 12.3. The van der Waals surface area contributed by atoms with E-state index in [0.717, 1.165) is 11.5 Å². The number of furan rings is 1. The molecule has 21 heavy (non-hydrogen) atoms. The second kappa shape index (κ2) is 5.91. The van der Waals surface area contributed by atoms with E-state index < -0.39 is 10.0 Å². The van der Waals surface area contributed by atoms with Gasteiger partial charge >= 0.3 is 0 Å². The summed E-state index contributed by atoms with van der Waals surface area (Å²) in [5, 5.41) is 3.20. The van der Waals surface area contributed by atoms with Crippen LogP contribution < -0.4 is 5.32 Å². The maximum Gasteiger partial charge on any atom is 0.244 e. The summed E-state index contributed by atoms with van der Waals surface area (Å²) in [6.45, 7) is 3.80. The van der Waals surface area contributed by atoms with Crippen LogP contribution in [0, 0.1) is 6.92 Å². The van der Waals surface area contributed by atoms with Crippen molar-refractivity contribution in [2.45, 2.75) is 24.8 Å². The van der Waals surface area contributed by atoms with Crippen LogP contribution in [0.1, 0.15) is 24.5 Å². The van der Waals surface area contributed by atoms with Crippen LogP contribution in [-0.4, -0.2) is 26.8 Å². The Hall–Kier alpha value is -1.79. The van der Waals surface area contributed by atoms with Crippen molar-refractivity contribution in [3.05, 3.63) is 47.9 Å². The van der Waals surface area contributed by atoms with Crippen molar-refractivity contribution < 1.29 is 12.8 Å². The van der Waals surface area contributed by atoms with Crippen molar-refractivity contribution in [2.24, 2.45) is 0 Å². The lowest BCUT2D eigenvalue weighted by Crippen LogP contribution is -2.23. The number of hydrogen-bond donors (Lipinski definition) is 1. The Morgan fingerprint density at radius 2 is 1.81 bits per heavy atom. The molecule has 2 rings (SSSR count). The monoisotopic (exact) mass is 308 g/mol. The van der Waals surface area contributed by atoms with Crippen molar-refractivity contribution in [3.8, 4) is 0 Å². The second-order valence-electron chi connectivity index (χ2n) is 5.10. The lowest BCUT2D eigenvalue weighted by molar-refractivity contribution is 0.466. The topological polar surface area (TPSA) is 62.6 Å². The Morgan fingerprint density at radius 1 is 1.14 bits per heavy atom. The summed E-state index contributed by atoms with van der Waals surface area (Å²) in [6, 6.07) is 10.5. The molecule has 0 fully saturated rings. The molecule has 6 heteroatoms. The van der Waals surface area contributed by atoms with Crippen LogP contribution in [-0.2, 0) is 10.0 Å². The first-order valence-electron chi connectivity index (χ1n) is 6.67. The van der Waals surface area contributed by atoms with Gasteiger partial charge in [-0.25, -0.2) is 12.7 Å². The smallest absolute Gasteiger partial charge is 0.244 e. The van der Waals surface area contributed by atoms with Gasteiger partial charge in [-0.05, 0) is 38.1 Å². The molecule has 1 aromatic heterocycles. The summed E-state index contributed by atoms with van der Waals surface area (Å²) in [4.78, 5) is 0.255. The lowest BCUT2D eigenvalue weighted by atomic mass is 10.2. The summed E-state index contributed by atoms with van der Waals surface area (Å²) >= 11 is 0. The van der Waals surface area contributed by atoms with Crippen LogP contribution in [0.2, 0.25) is 0 Å². The lowest BCUT2D eigenvalue weighted by Gasteiger charge is -2.18. The van der Waals surface area contributed by atoms with E-state index in [9.17, 15) is 8.42 Å². The Labute approximate surface area is 125 Å². The predicted octanol–water partition coefficient (Wildman–Crippen LogP) is 3.01. The molecule has 0 aliphatic heterocycles. The van der Waals surface area contributed by atoms with E-state index in [4.69, 9.17) is 4.42 Å². The zero-order chi connectivity index (χ0) is 15.6. The van der Waals surface area contributed by atoms with Crippen LogP contribution >= 0.6 is 0 Å². The maximum atomic E-state index is 12.3. The molecular formula is C15H20N2O3S. The SMILES string of the molecule is Cc1ccc(C(C)Nc2ccccc2S(=O)(=O)N(C)C)o1. The minimum absolute atomic E-state index is 0.128. The third kappa shape index (κ3) is 3.28. The summed E-state index contributed by atoms with van der Waals surface area (Å²) in [5.74, 6) is 1.59. The number of sulfonamides is 1. The van der Waals surface area contributed by atoms with Crippen molar-refractivity contribution in [1.29, 1.82) is 0 Å². The van der Waals surface area contributed by atoms with Gasteiger partial charge in [-0.3, -0.25) is 0 Å². The first kappa shape index (κ1) is 15.6. The van der Waals surface area contributed by atoms with Crippen molar-refractivity contribution in [2.75, 3.05) is 19.4 Å². The number of benzene rings is 1. The van der Waals surface area contributed by atoms with Gasteiger partial charge in [0.25, 0.3) is 0 Å². The summed E-state index contributed by atoms with van der Waals surface area (Å²) in [7, 11) is -0.451. The molecule has 0 bridgehead atoms. The van der Waals surface area contributed by atoms with Crippen LogP contribution in [0.25, 0.3) is 0 Å². The Bertz CT molecular complexity index is 720. The van der Waals surface area contributed by atoms with E-state index in [1.165, 1.54) is 18.4 Å². The summed E-state index contributed by atoms with van der Waals surface area (Å²) < 4.78 is 31.4. The highest BCUT2D eigenvalue weighted by Crippen LogP contribution is 2.27. The molecule has 1 atom stereocenters. The van der Waals surface area contributed by atoms with E-state index in [1.54, 1.807) is 24.3 Å². The molecule has 1 N–H and O–H groups in total. The fourth-order valence-electron chi connectivity index (χ4n) is 2.00. The van der Waals surface area contributed by atoms with E-state index in [0.29, 0.717) is 5.69 Å². The number of nitrogens with one attached hydrogen (secondary N) is 1. The first-order valence-corrected chi connectivity index (χ1v) is 8.11. The Morgan fingerprint density at radius 3 is 2.38 bits per heavy atom. The molecule has 1 aromatic carbocycles. The predicted molar refractivity (Wildman–Crippen MR) is 82.8 cm³/mol. The molecule has 0 amide bonds. The zero-order valence-corrected chi connectivity index (χ0v) is 13.4. The molecular weight excluding hydrogens is 288 g/mol. The molecule has 0 spiro atoms. The van der Waals surface area contributed by atoms with Crippen molar-refractivity contribution >= 4 is 15.7 Å². The molecule has 1 heterocycles. The van der Waals surface area contributed by atoms with Gasteiger partial charge in [-0.2, -0.15) is 0 Å².